The normalized spacial score (nSPS) is 17.8. The quantitative estimate of drug-likeness (QED) is 0.690. The first-order valence-corrected chi connectivity index (χ1v) is 10.4. The molecule has 1 aliphatic heterocycles. The minimum Gasteiger partial charge on any atom is -0.494 e. The van der Waals surface area contributed by atoms with Gasteiger partial charge < -0.3 is 9.47 Å². The highest BCUT2D eigenvalue weighted by Gasteiger charge is 2.24. The first-order valence-electron chi connectivity index (χ1n) is 9.59. The van der Waals surface area contributed by atoms with Gasteiger partial charge in [0.1, 0.15) is 22.4 Å². The number of hydrogen-bond acceptors (Lipinski definition) is 5. The molecule has 0 N–H and O–H groups in total. The molecular formula is C21H22N2O3S. The molecule has 0 spiro atoms. The summed E-state index contributed by atoms with van der Waals surface area (Å²) in [6.45, 7) is 5.07. The average Bonchev–Trinajstić information content (AvgIpc) is 3.30. The standard InChI is InChI=1S/C21H22N2O3S/c1-3-25-16-8-13-7-12(2)26-17(13)9-14(16)10-23-11-22-20-19(21(23)24)15-5-4-6-18(15)27-20/h8-9,11-12H,3-7,10H2,1-2H3. The van der Waals surface area contributed by atoms with Crippen LogP contribution in [0.3, 0.4) is 0 Å². The van der Waals surface area contributed by atoms with E-state index in [1.807, 2.05) is 13.0 Å². The van der Waals surface area contributed by atoms with Crippen molar-refractivity contribution in [3.8, 4) is 11.5 Å². The molecular weight excluding hydrogens is 360 g/mol. The van der Waals surface area contributed by atoms with E-state index in [4.69, 9.17) is 9.47 Å². The van der Waals surface area contributed by atoms with Gasteiger partial charge in [-0.15, -0.1) is 11.3 Å². The van der Waals surface area contributed by atoms with Crippen LogP contribution in [0.4, 0.5) is 0 Å². The van der Waals surface area contributed by atoms with Crippen molar-refractivity contribution in [3.63, 3.8) is 0 Å². The lowest BCUT2D eigenvalue weighted by Gasteiger charge is -2.14. The van der Waals surface area contributed by atoms with Crippen molar-refractivity contribution in [2.24, 2.45) is 0 Å². The number of hydrogen-bond donors (Lipinski definition) is 0. The van der Waals surface area contributed by atoms with Gasteiger partial charge in [0, 0.05) is 22.4 Å². The van der Waals surface area contributed by atoms with E-state index in [1.165, 1.54) is 16.0 Å². The van der Waals surface area contributed by atoms with Crippen LogP contribution in [0.1, 0.15) is 41.8 Å². The predicted octanol–water partition coefficient (Wildman–Crippen LogP) is 3.72. The fourth-order valence-corrected chi connectivity index (χ4v) is 5.43. The molecule has 0 amide bonds. The summed E-state index contributed by atoms with van der Waals surface area (Å²) >= 11 is 1.67. The van der Waals surface area contributed by atoms with Gasteiger partial charge in [0.2, 0.25) is 0 Å². The lowest BCUT2D eigenvalue weighted by molar-refractivity contribution is 0.254. The van der Waals surface area contributed by atoms with Gasteiger partial charge >= 0.3 is 0 Å². The Kier molecular flexibility index (Phi) is 3.97. The van der Waals surface area contributed by atoms with Gasteiger partial charge in [-0.3, -0.25) is 9.36 Å². The molecule has 140 valence electrons. The summed E-state index contributed by atoms with van der Waals surface area (Å²) in [5, 5.41) is 0.819. The van der Waals surface area contributed by atoms with E-state index in [2.05, 4.69) is 18.0 Å². The van der Waals surface area contributed by atoms with E-state index < -0.39 is 0 Å². The SMILES string of the molecule is CCOc1cc2c(cc1Cn1cnc3sc4c(c3c1=O)CCC4)OC(C)C2. The lowest BCUT2D eigenvalue weighted by atomic mass is 10.1. The van der Waals surface area contributed by atoms with Crippen LogP contribution in [0.15, 0.2) is 23.3 Å². The molecule has 3 aromatic rings. The molecule has 0 saturated carbocycles. The van der Waals surface area contributed by atoms with Gasteiger partial charge in [-0.25, -0.2) is 4.98 Å². The van der Waals surface area contributed by atoms with Gasteiger partial charge in [0.05, 0.1) is 24.9 Å². The second-order valence-corrected chi connectivity index (χ2v) is 8.43. The third-order valence-corrected chi connectivity index (χ3v) is 6.61. The maximum absolute atomic E-state index is 13.2. The summed E-state index contributed by atoms with van der Waals surface area (Å²) in [6.07, 6.45) is 5.95. The summed E-state index contributed by atoms with van der Waals surface area (Å²) in [6, 6.07) is 4.09. The predicted molar refractivity (Wildman–Crippen MR) is 106 cm³/mol. The van der Waals surface area contributed by atoms with Crippen molar-refractivity contribution in [1.82, 2.24) is 9.55 Å². The third-order valence-electron chi connectivity index (χ3n) is 5.41. The Morgan fingerprint density at radius 3 is 3.11 bits per heavy atom. The topological polar surface area (TPSA) is 53.4 Å². The van der Waals surface area contributed by atoms with Crippen LogP contribution < -0.4 is 15.0 Å². The van der Waals surface area contributed by atoms with Crippen LogP contribution in [0.5, 0.6) is 11.5 Å². The van der Waals surface area contributed by atoms with Crippen molar-refractivity contribution < 1.29 is 9.47 Å². The highest BCUT2D eigenvalue weighted by Crippen LogP contribution is 2.36. The van der Waals surface area contributed by atoms with Crippen molar-refractivity contribution >= 4 is 21.6 Å². The molecule has 2 aromatic heterocycles. The van der Waals surface area contributed by atoms with E-state index in [9.17, 15) is 4.79 Å². The molecule has 6 heteroatoms. The molecule has 1 atom stereocenters. The summed E-state index contributed by atoms with van der Waals surface area (Å²) in [5.41, 5.74) is 3.40. The number of aryl methyl sites for hydroxylation is 2. The Bertz CT molecular complexity index is 1100. The molecule has 0 bridgehead atoms. The monoisotopic (exact) mass is 382 g/mol. The second-order valence-electron chi connectivity index (χ2n) is 7.35. The minimum absolute atomic E-state index is 0.0524. The maximum atomic E-state index is 13.2. The summed E-state index contributed by atoms with van der Waals surface area (Å²) in [5.74, 6) is 1.73. The van der Waals surface area contributed by atoms with Gasteiger partial charge in [0.25, 0.3) is 5.56 Å². The molecule has 0 saturated heterocycles. The molecule has 1 aromatic carbocycles. The first kappa shape index (κ1) is 16.8. The molecule has 3 heterocycles. The van der Waals surface area contributed by atoms with E-state index >= 15 is 0 Å². The van der Waals surface area contributed by atoms with Crippen molar-refractivity contribution in [2.75, 3.05) is 6.61 Å². The van der Waals surface area contributed by atoms with Crippen LogP contribution in [0, 0.1) is 0 Å². The summed E-state index contributed by atoms with van der Waals surface area (Å²) in [4.78, 5) is 19.9. The van der Waals surface area contributed by atoms with Crippen molar-refractivity contribution in [3.05, 3.63) is 50.4 Å². The molecule has 0 radical (unpaired) electrons. The average molecular weight is 382 g/mol. The second kappa shape index (κ2) is 6.37. The van der Waals surface area contributed by atoms with E-state index in [0.717, 1.165) is 53.0 Å². The number of nitrogens with zero attached hydrogens (tertiary/aromatic N) is 2. The summed E-state index contributed by atoms with van der Waals surface area (Å²) in [7, 11) is 0. The van der Waals surface area contributed by atoms with Crippen LogP contribution >= 0.6 is 11.3 Å². The number of thiophene rings is 1. The first-order chi connectivity index (χ1) is 13.1. The Balaban J connectivity index is 1.58. The van der Waals surface area contributed by atoms with Gasteiger partial charge in [-0.05, 0) is 50.8 Å². The Labute approximate surface area is 161 Å². The van der Waals surface area contributed by atoms with Crippen molar-refractivity contribution in [2.45, 2.75) is 52.2 Å². The fraction of sp³-hybridized carbons (Fsp3) is 0.429. The Morgan fingerprint density at radius 1 is 1.37 bits per heavy atom. The van der Waals surface area contributed by atoms with E-state index in [-0.39, 0.29) is 11.7 Å². The van der Waals surface area contributed by atoms with Crippen LogP contribution in [-0.4, -0.2) is 22.3 Å². The molecule has 27 heavy (non-hydrogen) atoms. The number of benzene rings is 1. The zero-order valence-electron chi connectivity index (χ0n) is 15.6. The third kappa shape index (κ3) is 2.74. The lowest BCUT2D eigenvalue weighted by Crippen LogP contribution is -2.21. The highest BCUT2D eigenvalue weighted by molar-refractivity contribution is 7.18. The van der Waals surface area contributed by atoms with Gasteiger partial charge in [-0.2, -0.15) is 0 Å². The maximum Gasteiger partial charge on any atom is 0.262 e. The zero-order valence-corrected chi connectivity index (χ0v) is 16.4. The largest absolute Gasteiger partial charge is 0.494 e. The molecule has 2 aliphatic rings. The van der Waals surface area contributed by atoms with Crippen molar-refractivity contribution in [1.29, 1.82) is 0 Å². The fourth-order valence-electron chi connectivity index (χ4n) is 4.21. The summed E-state index contributed by atoms with van der Waals surface area (Å²) < 4.78 is 13.5. The Morgan fingerprint density at radius 2 is 2.26 bits per heavy atom. The van der Waals surface area contributed by atoms with E-state index in [0.29, 0.717) is 13.2 Å². The van der Waals surface area contributed by atoms with Crippen LogP contribution in [0.2, 0.25) is 0 Å². The Hall–Kier alpha value is -2.34. The smallest absolute Gasteiger partial charge is 0.262 e. The van der Waals surface area contributed by atoms with Gasteiger partial charge in [-0.1, -0.05) is 0 Å². The van der Waals surface area contributed by atoms with Crippen LogP contribution in [-0.2, 0) is 25.8 Å². The molecule has 1 aliphatic carbocycles. The minimum atomic E-state index is 0.0524. The van der Waals surface area contributed by atoms with Crippen LogP contribution in [0.25, 0.3) is 10.2 Å². The number of ether oxygens (including phenoxy) is 2. The molecule has 5 rings (SSSR count). The number of aromatic nitrogens is 2. The molecule has 0 fully saturated rings. The number of rotatable bonds is 4. The van der Waals surface area contributed by atoms with E-state index in [1.54, 1.807) is 22.2 Å². The zero-order chi connectivity index (χ0) is 18.5. The highest BCUT2D eigenvalue weighted by atomic mass is 32.1. The molecule has 1 unspecified atom stereocenters. The molecule has 5 nitrogen and oxygen atoms in total. The van der Waals surface area contributed by atoms with Gasteiger partial charge in [0.15, 0.2) is 0 Å². The number of fused-ring (bicyclic) bond motifs is 4.